The molecule has 1 saturated heterocycles. The normalized spacial score (nSPS) is 21.2. The third-order valence-corrected chi connectivity index (χ3v) is 3.83. The average Bonchev–Trinajstić information content (AvgIpc) is 2.47. The number of hydrogen-bond donors (Lipinski definition) is 1. The number of likely N-dealkylation sites (tertiary alicyclic amines) is 1. The minimum absolute atomic E-state index is 0.0583. The Labute approximate surface area is 122 Å². The molecular weight excluding hydrogens is 256 g/mol. The smallest absolute Gasteiger partial charge is 0.310 e. The van der Waals surface area contributed by atoms with Gasteiger partial charge in [-0.05, 0) is 39.7 Å². The zero-order chi connectivity index (χ0) is 15.0. The van der Waals surface area contributed by atoms with Crippen LogP contribution in [0.5, 0.6) is 0 Å². The molecular formula is C15H28N2O3. The van der Waals surface area contributed by atoms with Gasteiger partial charge in [-0.1, -0.05) is 13.3 Å². The Morgan fingerprint density at radius 2 is 2.15 bits per heavy atom. The van der Waals surface area contributed by atoms with E-state index >= 15 is 0 Å². The largest absolute Gasteiger partial charge is 0.466 e. The number of amides is 1. The van der Waals surface area contributed by atoms with E-state index in [0.29, 0.717) is 13.2 Å². The van der Waals surface area contributed by atoms with Crippen molar-refractivity contribution < 1.29 is 14.3 Å². The van der Waals surface area contributed by atoms with Gasteiger partial charge in [0.1, 0.15) is 0 Å². The van der Waals surface area contributed by atoms with E-state index in [1.54, 1.807) is 0 Å². The maximum atomic E-state index is 12.1. The topological polar surface area (TPSA) is 58.6 Å². The minimum Gasteiger partial charge on any atom is -0.466 e. The number of unbranched alkanes of at least 4 members (excludes halogenated alkanes) is 1. The van der Waals surface area contributed by atoms with E-state index in [4.69, 9.17) is 4.74 Å². The molecule has 1 rings (SSSR count). The lowest BCUT2D eigenvalue weighted by molar-refractivity contribution is -0.151. The fourth-order valence-electron chi connectivity index (χ4n) is 2.51. The van der Waals surface area contributed by atoms with Crippen LogP contribution in [-0.4, -0.2) is 49.1 Å². The molecule has 20 heavy (non-hydrogen) atoms. The Kier molecular flexibility index (Phi) is 7.59. The molecule has 1 aliphatic rings. The van der Waals surface area contributed by atoms with Gasteiger partial charge in [0.25, 0.3) is 0 Å². The zero-order valence-electron chi connectivity index (χ0n) is 13.0. The molecule has 0 radical (unpaired) electrons. The number of carbonyl (C=O) groups excluding carboxylic acids is 2. The van der Waals surface area contributed by atoms with Crippen molar-refractivity contribution in [2.24, 2.45) is 5.92 Å². The number of nitrogens with one attached hydrogen (secondary N) is 1. The SMILES string of the molecule is CCCCNC(=O)C(C)N1CCCC(C(=O)OCC)C1. The van der Waals surface area contributed by atoms with Crippen molar-refractivity contribution in [3.63, 3.8) is 0 Å². The average molecular weight is 284 g/mol. The monoisotopic (exact) mass is 284 g/mol. The van der Waals surface area contributed by atoms with Crippen LogP contribution in [0.15, 0.2) is 0 Å². The number of ether oxygens (including phenoxy) is 1. The Balaban J connectivity index is 2.45. The third-order valence-electron chi connectivity index (χ3n) is 3.83. The first-order valence-electron chi connectivity index (χ1n) is 7.78. The number of hydrogen-bond acceptors (Lipinski definition) is 4. The number of rotatable bonds is 7. The number of piperidine rings is 1. The van der Waals surface area contributed by atoms with Gasteiger partial charge in [0.05, 0.1) is 18.6 Å². The van der Waals surface area contributed by atoms with Gasteiger partial charge in [-0.2, -0.15) is 0 Å². The number of nitrogens with zero attached hydrogens (tertiary/aromatic N) is 1. The third kappa shape index (κ3) is 5.12. The molecule has 0 aromatic carbocycles. The lowest BCUT2D eigenvalue weighted by atomic mass is 9.97. The Bertz CT molecular complexity index is 320. The molecule has 0 aromatic rings. The summed E-state index contributed by atoms with van der Waals surface area (Å²) in [4.78, 5) is 25.9. The molecule has 0 aromatic heterocycles. The molecule has 1 fully saturated rings. The summed E-state index contributed by atoms with van der Waals surface area (Å²) in [5.74, 6) is -0.159. The quantitative estimate of drug-likeness (QED) is 0.569. The fourth-order valence-corrected chi connectivity index (χ4v) is 2.51. The van der Waals surface area contributed by atoms with Gasteiger partial charge in [0.2, 0.25) is 5.91 Å². The van der Waals surface area contributed by atoms with E-state index < -0.39 is 0 Å². The molecule has 1 heterocycles. The molecule has 1 amide bonds. The summed E-state index contributed by atoms with van der Waals surface area (Å²) in [6, 6.07) is -0.177. The summed E-state index contributed by atoms with van der Waals surface area (Å²) in [6.45, 7) is 8.48. The van der Waals surface area contributed by atoms with Crippen LogP contribution in [0, 0.1) is 5.92 Å². The second-order valence-corrected chi connectivity index (χ2v) is 5.41. The van der Waals surface area contributed by atoms with Crippen molar-refractivity contribution in [3.8, 4) is 0 Å². The second kappa shape index (κ2) is 8.95. The first kappa shape index (κ1) is 17.0. The summed E-state index contributed by atoms with van der Waals surface area (Å²) < 4.78 is 5.08. The standard InChI is InChI=1S/C15H28N2O3/c1-4-6-9-16-14(18)12(3)17-10-7-8-13(11-17)15(19)20-5-2/h12-13H,4-11H2,1-3H3,(H,16,18). The Morgan fingerprint density at radius 1 is 1.40 bits per heavy atom. The summed E-state index contributed by atoms with van der Waals surface area (Å²) in [7, 11) is 0. The lowest BCUT2D eigenvalue weighted by Gasteiger charge is -2.35. The van der Waals surface area contributed by atoms with E-state index in [1.807, 2.05) is 13.8 Å². The molecule has 1 aliphatic heterocycles. The highest BCUT2D eigenvalue weighted by atomic mass is 16.5. The summed E-state index contributed by atoms with van der Waals surface area (Å²) in [5, 5.41) is 2.95. The van der Waals surface area contributed by atoms with Crippen molar-refractivity contribution in [2.45, 2.75) is 52.5 Å². The van der Waals surface area contributed by atoms with Crippen LogP contribution >= 0.6 is 0 Å². The van der Waals surface area contributed by atoms with Gasteiger partial charge in [-0.25, -0.2) is 0 Å². The van der Waals surface area contributed by atoms with Crippen molar-refractivity contribution >= 4 is 11.9 Å². The van der Waals surface area contributed by atoms with Crippen molar-refractivity contribution in [3.05, 3.63) is 0 Å². The molecule has 2 unspecified atom stereocenters. The van der Waals surface area contributed by atoms with Crippen LogP contribution < -0.4 is 5.32 Å². The highest BCUT2D eigenvalue weighted by Crippen LogP contribution is 2.19. The first-order chi connectivity index (χ1) is 9.60. The lowest BCUT2D eigenvalue weighted by Crippen LogP contribution is -2.50. The van der Waals surface area contributed by atoms with Gasteiger partial charge in [0, 0.05) is 13.1 Å². The fraction of sp³-hybridized carbons (Fsp3) is 0.867. The molecule has 5 heteroatoms. The molecule has 0 bridgehead atoms. The van der Waals surface area contributed by atoms with Crippen LogP contribution in [0.1, 0.15) is 46.5 Å². The molecule has 5 nitrogen and oxygen atoms in total. The maximum Gasteiger partial charge on any atom is 0.310 e. The van der Waals surface area contributed by atoms with Crippen LogP contribution in [0.4, 0.5) is 0 Å². The predicted molar refractivity (Wildman–Crippen MR) is 78.3 cm³/mol. The van der Waals surface area contributed by atoms with Crippen molar-refractivity contribution in [2.75, 3.05) is 26.2 Å². The minimum atomic E-state index is -0.177. The van der Waals surface area contributed by atoms with Gasteiger partial charge < -0.3 is 10.1 Å². The molecule has 1 N–H and O–H groups in total. The summed E-state index contributed by atoms with van der Waals surface area (Å²) in [5.41, 5.74) is 0. The van der Waals surface area contributed by atoms with Gasteiger partial charge in [0.15, 0.2) is 0 Å². The van der Waals surface area contributed by atoms with Crippen LogP contribution in [0.25, 0.3) is 0 Å². The first-order valence-corrected chi connectivity index (χ1v) is 7.78. The van der Waals surface area contributed by atoms with Gasteiger partial charge in [-0.3, -0.25) is 14.5 Å². The van der Waals surface area contributed by atoms with Crippen LogP contribution in [-0.2, 0) is 14.3 Å². The van der Waals surface area contributed by atoms with E-state index in [-0.39, 0.29) is 23.8 Å². The van der Waals surface area contributed by atoms with E-state index in [0.717, 1.165) is 38.8 Å². The highest BCUT2D eigenvalue weighted by molar-refractivity contribution is 5.81. The molecule has 0 aliphatic carbocycles. The molecule has 0 spiro atoms. The Hall–Kier alpha value is -1.10. The summed E-state index contributed by atoms with van der Waals surface area (Å²) in [6.07, 6.45) is 3.88. The molecule has 0 saturated carbocycles. The summed E-state index contributed by atoms with van der Waals surface area (Å²) >= 11 is 0. The van der Waals surface area contributed by atoms with Crippen molar-refractivity contribution in [1.82, 2.24) is 10.2 Å². The van der Waals surface area contributed by atoms with Gasteiger partial charge >= 0.3 is 5.97 Å². The van der Waals surface area contributed by atoms with E-state index in [1.165, 1.54) is 0 Å². The van der Waals surface area contributed by atoms with Gasteiger partial charge in [-0.15, -0.1) is 0 Å². The molecule has 116 valence electrons. The maximum absolute atomic E-state index is 12.1. The van der Waals surface area contributed by atoms with E-state index in [9.17, 15) is 9.59 Å². The number of esters is 1. The van der Waals surface area contributed by atoms with Crippen LogP contribution in [0.3, 0.4) is 0 Å². The highest BCUT2D eigenvalue weighted by Gasteiger charge is 2.31. The molecule has 2 atom stereocenters. The number of carbonyl (C=O) groups is 2. The second-order valence-electron chi connectivity index (χ2n) is 5.41. The van der Waals surface area contributed by atoms with Crippen molar-refractivity contribution in [1.29, 1.82) is 0 Å². The predicted octanol–water partition coefficient (Wildman–Crippen LogP) is 1.57. The van der Waals surface area contributed by atoms with Crippen LogP contribution in [0.2, 0.25) is 0 Å². The zero-order valence-corrected chi connectivity index (χ0v) is 13.0. The Morgan fingerprint density at radius 3 is 2.80 bits per heavy atom. The van der Waals surface area contributed by atoms with E-state index in [2.05, 4.69) is 17.1 Å².